The number of nitro groups is 1. The fourth-order valence-electron chi connectivity index (χ4n) is 1.70. The predicted octanol–water partition coefficient (Wildman–Crippen LogP) is 4.19. The smallest absolute Gasteiger partial charge is 0.310 e. The highest BCUT2D eigenvalue weighted by atomic mass is 35.5. The van der Waals surface area contributed by atoms with Crippen LogP contribution in [0.2, 0.25) is 0 Å². The summed E-state index contributed by atoms with van der Waals surface area (Å²) >= 11 is 5.67. The Bertz CT molecular complexity index is 679. The second-order valence-electron chi connectivity index (χ2n) is 4.23. The molecule has 0 atom stereocenters. The van der Waals surface area contributed by atoms with Crippen molar-refractivity contribution in [3.8, 4) is 5.75 Å². The summed E-state index contributed by atoms with van der Waals surface area (Å²) < 4.78 is 31.2. The van der Waals surface area contributed by atoms with Gasteiger partial charge in [0.2, 0.25) is 0 Å². The Hall–Kier alpha value is -2.21. The fourth-order valence-corrected chi connectivity index (χ4v) is 1.86. The number of halogens is 3. The van der Waals surface area contributed by atoms with Crippen LogP contribution in [-0.4, -0.2) is 4.92 Å². The van der Waals surface area contributed by atoms with Gasteiger partial charge < -0.3 is 4.74 Å². The number of hydrogen-bond donors (Lipinski definition) is 0. The molecule has 21 heavy (non-hydrogen) atoms. The zero-order valence-electron chi connectivity index (χ0n) is 10.7. The van der Waals surface area contributed by atoms with Crippen LogP contribution in [0.25, 0.3) is 0 Å². The molecule has 0 aromatic heterocycles. The van der Waals surface area contributed by atoms with Crippen molar-refractivity contribution in [3.05, 3.63) is 69.3 Å². The van der Waals surface area contributed by atoms with Gasteiger partial charge in [-0.1, -0.05) is 12.1 Å². The van der Waals surface area contributed by atoms with Gasteiger partial charge >= 0.3 is 5.69 Å². The van der Waals surface area contributed by atoms with E-state index >= 15 is 0 Å². The Kier molecular flexibility index (Phi) is 4.70. The molecule has 2 rings (SSSR count). The molecule has 2 aromatic rings. The van der Waals surface area contributed by atoms with Gasteiger partial charge in [0.25, 0.3) is 0 Å². The molecule has 7 heteroatoms. The Labute approximate surface area is 124 Å². The minimum absolute atomic E-state index is 0.0304. The normalized spacial score (nSPS) is 10.4. The number of ether oxygens (including phenoxy) is 1. The van der Waals surface area contributed by atoms with Crippen LogP contribution in [-0.2, 0) is 12.5 Å². The molecule has 0 aliphatic heterocycles. The molecule has 0 aliphatic carbocycles. The lowest BCUT2D eigenvalue weighted by Gasteiger charge is -2.08. The third-order valence-corrected chi connectivity index (χ3v) is 3.06. The average Bonchev–Trinajstić information content (AvgIpc) is 2.48. The Morgan fingerprint density at radius 2 is 1.81 bits per heavy atom. The van der Waals surface area contributed by atoms with E-state index in [4.69, 9.17) is 16.3 Å². The van der Waals surface area contributed by atoms with Crippen LogP contribution in [0.15, 0.2) is 36.4 Å². The van der Waals surface area contributed by atoms with Crippen LogP contribution in [0.3, 0.4) is 0 Å². The lowest BCUT2D eigenvalue weighted by molar-refractivity contribution is -0.386. The first kappa shape index (κ1) is 15.2. The van der Waals surface area contributed by atoms with Crippen LogP contribution >= 0.6 is 11.6 Å². The molecule has 110 valence electrons. The van der Waals surface area contributed by atoms with Gasteiger partial charge in [-0.05, 0) is 29.3 Å². The maximum absolute atomic E-state index is 13.1. The number of nitro benzene ring substituents is 1. The first-order valence-electron chi connectivity index (χ1n) is 5.91. The van der Waals surface area contributed by atoms with E-state index in [0.29, 0.717) is 11.1 Å². The van der Waals surface area contributed by atoms with E-state index in [0.717, 1.165) is 12.1 Å². The van der Waals surface area contributed by atoms with E-state index in [-0.39, 0.29) is 23.9 Å². The highest BCUT2D eigenvalue weighted by molar-refractivity contribution is 6.17. The van der Waals surface area contributed by atoms with Crippen LogP contribution in [0.4, 0.5) is 14.5 Å². The molecule has 2 aromatic carbocycles. The monoisotopic (exact) mass is 313 g/mol. The fraction of sp³-hybridized carbons (Fsp3) is 0.143. The number of hydrogen-bond acceptors (Lipinski definition) is 3. The van der Waals surface area contributed by atoms with Crippen molar-refractivity contribution in [2.45, 2.75) is 12.5 Å². The Balaban J connectivity index is 2.21. The van der Waals surface area contributed by atoms with Gasteiger partial charge in [0.1, 0.15) is 6.61 Å². The summed E-state index contributed by atoms with van der Waals surface area (Å²) in [5, 5.41) is 10.9. The van der Waals surface area contributed by atoms with E-state index in [9.17, 15) is 18.9 Å². The minimum atomic E-state index is -1.000. The van der Waals surface area contributed by atoms with Crippen LogP contribution < -0.4 is 4.74 Å². The molecule has 0 unspecified atom stereocenters. The van der Waals surface area contributed by atoms with Crippen molar-refractivity contribution < 1.29 is 18.4 Å². The highest BCUT2D eigenvalue weighted by Gasteiger charge is 2.16. The first-order chi connectivity index (χ1) is 10.0. The third kappa shape index (κ3) is 3.66. The van der Waals surface area contributed by atoms with E-state index in [1.807, 2.05) is 0 Å². The third-order valence-electron chi connectivity index (χ3n) is 2.75. The summed E-state index contributed by atoms with van der Waals surface area (Å²) in [5.74, 6) is -1.75. The molecule has 0 fully saturated rings. The van der Waals surface area contributed by atoms with Gasteiger partial charge in [0.15, 0.2) is 17.4 Å². The molecule has 0 saturated carbocycles. The zero-order chi connectivity index (χ0) is 15.4. The maximum atomic E-state index is 13.1. The molecule has 0 N–H and O–H groups in total. The lowest BCUT2D eigenvalue weighted by atomic mass is 10.2. The van der Waals surface area contributed by atoms with Crippen molar-refractivity contribution in [1.29, 1.82) is 0 Å². The summed E-state index contributed by atoms with van der Waals surface area (Å²) in [6.45, 7) is -0.121. The minimum Gasteiger partial charge on any atom is -0.482 e. The largest absolute Gasteiger partial charge is 0.482 e. The van der Waals surface area contributed by atoms with Gasteiger partial charge in [-0.25, -0.2) is 8.78 Å². The van der Waals surface area contributed by atoms with Gasteiger partial charge in [0, 0.05) is 11.9 Å². The predicted molar refractivity (Wildman–Crippen MR) is 73.3 cm³/mol. The van der Waals surface area contributed by atoms with Crippen molar-refractivity contribution in [1.82, 2.24) is 0 Å². The molecular formula is C14H10ClF2NO3. The van der Waals surface area contributed by atoms with Crippen molar-refractivity contribution in [2.75, 3.05) is 0 Å². The quantitative estimate of drug-likeness (QED) is 0.472. The number of alkyl halides is 1. The molecule has 0 heterocycles. The van der Waals surface area contributed by atoms with E-state index in [2.05, 4.69) is 0 Å². The maximum Gasteiger partial charge on any atom is 0.310 e. The molecule has 0 radical (unpaired) electrons. The van der Waals surface area contributed by atoms with Crippen molar-refractivity contribution in [2.24, 2.45) is 0 Å². The first-order valence-corrected chi connectivity index (χ1v) is 6.44. The molecule has 0 amide bonds. The summed E-state index contributed by atoms with van der Waals surface area (Å²) in [6, 6.07) is 7.55. The summed E-state index contributed by atoms with van der Waals surface area (Å²) in [6.07, 6.45) is 0. The lowest BCUT2D eigenvalue weighted by Crippen LogP contribution is -2.00. The summed E-state index contributed by atoms with van der Waals surface area (Å²) in [4.78, 5) is 10.3. The van der Waals surface area contributed by atoms with E-state index in [1.165, 1.54) is 24.3 Å². The van der Waals surface area contributed by atoms with Crippen LogP contribution in [0, 0.1) is 21.7 Å². The number of benzene rings is 2. The van der Waals surface area contributed by atoms with Gasteiger partial charge in [0.05, 0.1) is 4.92 Å². The number of rotatable bonds is 5. The van der Waals surface area contributed by atoms with Crippen molar-refractivity contribution in [3.63, 3.8) is 0 Å². The van der Waals surface area contributed by atoms with Crippen LogP contribution in [0.5, 0.6) is 5.75 Å². The molecule has 4 nitrogen and oxygen atoms in total. The van der Waals surface area contributed by atoms with E-state index in [1.54, 1.807) is 0 Å². The van der Waals surface area contributed by atoms with Gasteiger partial charge in [-0.2, -0.15) is 0 Å². The van der Waals surface area contributed by atoms with Crippen LogP contribution in [0.1, 0.15) is 11.1 Å². The summed E-state index contributed by atoms with van der Waals surface area (Å²) in [5.41, 5.74) is 0.800. The summed E-state index contributed by atoms with van der Waals surface area (Å²) in [7, 11) is 0. The molecular weight excluding hydrogens is 304 g/mol. The highest BCUT2D eigenvalue weighted by Crippen LogP contribution is 2.29. The van der Waals surface area contributed by atoms with E-state index < -0.39 is 16.6 Å². The second-order valence-corrected chi connectivity index (χ2v) is 4.50. The standard InChI is InChI=1S/C14H10ClF2NO3/c15-7-9-2-4-13(18(19)20)14(6-9)21-8-10-1-3-11(16)12(17)5-10/h1-6H,7-8H2. The second kappa shape index (κ2) is 6.49. The van der Waals surface area contributed by atoms with Gasteiger partial charge in [-0.15, -0.1) is 11.6 Å². The zero-order valence-corrected chi connectivity index (χ0v) is 11.4. The molecule has 0 bridgehead atoms. The molecule has 0 aliphatic rings. The topological polar surface area (TPSA) is 52.4 Å². The number of nitrogens with zero attached hydrogens (tertiary/aromatic N) is 1. The Morgan fingerprint density at radius 1 is 1.10 bits per heavy atom. The average molecular weight is 314 g/mol. The van der Waals surface area contributed by atoms with Crippen molar-refractivity contribution >= 4 is 17.3 Å². The SMILES string of the molecule is O=[N+]([O-])c1ccc(CCl)cc1OCc1ccc(F)c(F)c1. The molecule has 0 saturated heterocycles. The Morgan fingerprint density at radius 3 is 2.43 bits per heavy atom. The molecule has 0 spiro atoms. The van der Waals surface area contributed by atoms with Gasteiger partial charge in [-0.3, -0.25) is 10.1 Å².